The van der Waals surface area contributed by atoms with Crippen LogP contribution in [0.2, 0.25) is 0 Å². The molecule has 3 N–H and O–H groups in total. The molecule has 0 heterocycles. The number of nitrogens with two attached hydrogens (primary N) is 1. The van der Waals surface area contributed by atoms with Crippen molar-refractivity contribution in [2.45, 2.75) is 6.92 Å². The van der Waals surface area contributed by atoms with Crippen molar-refractivity contribution < 1.29 is 0 Å². The summed E-state index contributed by atoms with van der Waals surface area (Å²) >= 11 is 3.84. The van der Waals surface area contributed by atoms with Gasteiger partial charge in [0.25, 0.3) is 0 Å². The quantitative estimate of drug-likeness (QED) is 0.344. The van der Waals surface area contributed by atoms with Crippen molar-refractivity contribution in [3.8, 4) is 0 Å². The summed E-state index contributed by atoms with van der Waals surface area (Å²) in [6.45, 7) is 1.63. The highest BCUT2D eigenvalue weighted by Gasteiger charge is 1.86. The van der Waals surface area contributed by atoms with Crippen LogP contribution in [0.1, 0.15) is 6.92 Å². The van der Waals surface area contributed by atoms with Gasteiger partial charge in [0, 0.05) is 16.8 Å². The number of hydrogen-bond acceptors (Lipinski definition) is 3. The Morgan fingerprint density at radius 3 is 2.29 bits per heavy atom. The molecule has 2 nitrogen and oxygen atoms in total. The lowest BCUT2D eigenvalue weighted by molar-refractivity contribution is 1.47. The van der Waals surface area contributed by atoms with E-state index in [0.717, 1.165) is 0 Å². The molecule has 0 atom stereocenters. The highest BCUT2D eigenvalue weighted by atomic mass is 32.1. The molecule has 0 aliphatic rings. The summed E-state index contributed by atoms with van der Waals surface area (Å²) in [5, 5.41) is 6.88. The minimum atomic E-state index is 0.394. The van der Waals surface area contributed by atoms with Crippen molar-refractivity contribution in [3.05, 3.63) is 11.1 Å². The molecule has 7 heavy (non-hydrogen) atoms. The van der Waals surface area contributed by atoms with Gasteiger partial charge in [-0.1, -0.05) is 0 Å². The summed E-state index contributed by atoms with van der Waals surface area (Å²) in [7, 11) is 0. The summed E-state index contributed by atoms with van der Waals surface area (Å²) in [6.07, 6.45) is 1.30. The fraction of sp³-hybridized carbons (Fsp3) is 0.250. The molecule has 0 rings (SSSR count). The molecule has 3 heteroatoms. The van der Waals surface area contributed by atoms with Gasteiger partial charge in [-0.15, -0.1) is 12.6 Å². The van der Waals surface area contributed by atoms with E-state index in [-0.39, 0.29) is 0 Å². The Morgan fingerprint density at radius 2 is 2.29 bits per heavy atom. The van der Waals surface area contributed by atoms with Crippen LogP contribution in [-0.4, -0.2) is 5.71 Å². The predicted octanol–water partition coefficient (Wildman–Crippen LogP) is 0.756. The molecule has 0 radical (unpaired) electrons. The molecule has 0 aromatic carbocycles. The lowest BCUT2D eigenvalue weighted by atomic mass is 10.4. The van der Waals surface area contributed by atoms with Crippen molar-refractivity contribution in [2.24, 2.45) is 5.73 Å². The third-order valence-electron chi connectivity index (χ3n) is 0.542. The van der Waals surface area contributed by atoms with E-state index in [1.807, 2.05) is 0 Å². The smallest absolute Gasteiger partial charge is 0.0430 e. The minimum Gasteiger partial charge on any atom is -0.404 e. The summed E-state index contributed by atoms with van der Waals surface area (Å²) in [6, 6.07) is 0. The Balaban J connectivity index is 3.82. The monoisotopic (exact) mass is 116 g/mol. The number of nitrogens with one attached hydrogen (secondary N) is 1. The highest BCUT2D eigenvalue weighted by Crippen LogP contribution is 1.96. The van der Waals surface area contributed by atoms with E-state index in [9.17, 15) is 0 Å². The van der Waals surface area contributed by atoms with E-state index in [0.29, 0.717) is 10.6 Å². The highest BCUT2D eigenvalue weighted by molar-refractivity contribution is 7.85. The van der Waals surface area contributed by atoms with Gasteiger partial charge >= 0.3 is 0 Å². The predicted molar refractivity (Wildman–Crippen MR) is 34.7 cm³/mol. The van der Waals surface area contributed by atoms with Gasteiger partial charge in [0.15, 0.2) is 0 Å². The molecule has 0 aromatic heterocycles. The zero-order chi connectivity index (χ0) is 5.86. The number of thiol groups is 1. The topological polar surface area (TPSA) is 49.9 Å². The standard InChI is InChI=1S/C4H8N2S/c1-3(6)4(7)2-5/h2,6-7H,5H2,1H3/b4-2+,6-3?. The first-order valence-corrected chi connectivity index (χ1v) is 2.29. The van der Waals surface area contributed by atoms with Crippen molar-refractivity contribution in [2.75, 3.05) is 0 Å². The summed E-state index contributed by atoms with van der Waals surface area (Å²) in [5.41, 5.74) is 5.39. The average molecular weight is 116 g/mol. The van der Waals surface area contributed by atoms with Crippen molar-refractivity contribution >= 4 is 18.3 Å². The molecular formula is C4H8N2S. The number of hydrogen-bond donors (Lipinski definition) is 3. The van der Waals surface area contributed by atoms with Gasteiger partial charge in [0.1, 0.15) is 0 Å². The van der Waals surface area contributed by atoms with Gasteiger partial charge in [-0.05, 0) is 6.92 Å². The minimum absolute atomic E-state index is 0.394. The molecule has 0 aliphatic carbocycles. The molecule has 0 bridgehead atoms. The maximum atomic E-state index is 6.88. The van der Waals surface area contributed by atoms with Crippen LogP contribution in [0.25, 0.3) is 0 Å². The fourth-order valence-electron chi connectivity index (χ4n) is 0.125. The fourth-order valence-corrected chi connectivity index (χ4v) is 0.125. The third-order valence-corrected chi connectivity index (χ3v) is 1.03. The van der Waals surface area contributed by atoms with Gasteiger partial charge in [-0.2, -0.15) is 0 Å². The molecule has 0 aromatic rings. The molecule has 0 saturated heterocycles. The molecule has 0 spiro atoms. The molecule has 0 amide bonds. The Morgan fingerprint density at radius 1 is 1.86 bits per heavy atom. The van der Waals surface area contributed by atoms with Crippen LogP contribution in [0.5, 0.6) is 0 Å². The maximum absolute atomic E-state index is 6.88. The SMILES string of the molecule is CC(=N)/C(S)=C\N. The molecule has 0 unspecified atom stereocenters. The first-order valence-electron chi connectivity index (χ1n) is 1.85. The van der Waals surface area contributed by atoms with Gasteiger partial charge in [0.2, 0.25) is 0 Å². The number of allylic oxidation sites excluding steroid dienone is 1. The first-order chi connectivity index (χ1) is 3.18. The Kier molecular flexibility index (Phi) is 2.52. The largest absolute Gasteiger partial charge is 0.404 e. The van der Waals surface area contributed by atoms with Gasteiger partial charge < -0.3 is 11.1 Å². The molecule has 0 aliphatic heterocycles. The van der Waals surface area contributed by atoms with E-state index >= 15 is 0 Å². The van der Waals surface area contributed by atoms with Crippen LogP contribution < -0.4 is 5.73 Å². The zero-order valence-electron chi connectivity index (χ0n) is 4.10. The van der Waals surface area contributed by atoms with Crippen LogP contribution in [0.4, 0.5) is 0 Å². The van der Waals surface area contributed by atoms with E-state index in [1.165, 1.54) is 6.20 Å². The van der Waals surface area contributed by atoms with Crippen molar-refractivity contribution in [1.82, 2.24) is 0 Å². The summed E-state index contributed by atoms with van der Waals surface area (Å²) in [5.74, 6) is 0. The van der Waals surface area contributed by atoms with Crippen LogP contribution >= 0.6 is 12.6 Å². The lowest BCUT2D eigenvalue weighted by Gasteiger charge is -1.88. The Bertz CT molecular complexity index is 106. The Hall–Kier alpha value is -0.440. The van der Waals surface area contributed by atoms with Crippen molar-refractivity contribution in [3.63, 3.8) is 0 Å². The zero-order valence-corrected chi connectivity index (χ0v) is 5.00. The Labute approximate surface area is 48.3 Å². The van der Waals surface area contributed by atoms with Crippen LogP contribution in [0, 0.1) is 5.41 Å². The van der Waals surface area contributed by atoms with Crippen LogP contribution in [-0.2, 0) is 0 Å². The summed E-state index contributed by atoms with van der Waals surface area (Å²) < 4.78 is 0. The van der Waals surface area contributed by atoms with E-state index < -0.39 is 0 Å². The second-order valence-corrected chi connectivity index (χ2v) is 1.66. The summed E-state index contributed by atoms with van der Waals surface area (Å²) in [4.78, 5) is 0.528. The average Bonchev–Trinajstić information content (AvgIpc) is 1.65. The van der Waals surface area contributed by atoms with E-state index in [4.69, 9.17) is 11.1 Å². The van der Waals surface area contributed by atoms with E-state index in [2.05, 4.69) is 12.6 Å². The lowest BCUT2D eigenvalue weighted by Crippen LogP contribution is -1.90. The first kappa shape index (κ1) is 6.56. The van der Waals surface area contributed by atoms with Crippen LogP contribution in [0.3, 0.4) is 0 Å². The second-order valence-electron chi connectivity index (χ2n) is 1.18. The maximum Gasteiger partial charge on any atom is 0.0430 e. The number of rotatable bonds is 1. The van der Waals surface area contributed by atoms with Gasteiger partial charge in [-0.3, -0.25) is 0 Å². The van der Waals surface area contributed by atoms with Crippen LogP contribution in [0.15, 0.2) is 11.1 Å². The molecule has 0 fully saturated rings. The second kappa shape index (κ2) is 2.69. The van der Waals surface area contributed by atoms with E-state index in [1.54, 1.807) is 6.92 Å². The van der Waals surface area contributed by atoms with Gasteiger partial charge in [0.05, 0.1) is 0 Å². The molecule has 40 valence electrons. The van der Waals surface area contributed by atoms with Gasteiger partial charge in [-0.25, -0.2) is 0 Å². The normalized spacial score (nSPS) is 11.4. The molecular weight excluding hydrogens is 108 g/mol. The molecule has 0 saturated carbocycles. The van der Waals surface area contributed by atoms with Crippen molar-refractivity contribution in [1.29, 1.82) is 5.41 Å². The third kappa shape index (κ3) is 2.28.